The van der Waals surface area contributed by atoms with E-state index in [-0.39, 0.29) is 17.1 Å². The largest absolute Gasteiger partial charge is 0.444 e. The van der Waals surface area contributed by atoms with Crippen LogP contribution in [0.2, 0.25) is 5.15 Å². The van der Waals surface area contributed by atoms with Gasteiger partial charge in [0.05, 0.1) is 12.4 Å². The number of allylic oxidation sites excluding steroid dienone is 1. The van der Waals surface area contributed by atoms with Crippen molar-refractivity contribution in [3.63, 3.8) is 0 Å². The first-order chi connectivity index (χ1) is 12.2. The van der Waals surface area contributed by atoms with E-state index < -0.39 is 11.7 Å². The standard InChI is InChI=1S/C18H22ClN5O2/c1-10-7-18(5-6-18)8-11(10)24-9-20-12-13(19)21-15(22-14(12)24)23-16(25)26-17(2,3)4/h9,11H,1,5-8H2,2-4H3,(H,21,22,23,25). The summed E-state index contributed by atoms with van der Waals surface area (Å²) in [5, 5.41) is 2.75. The topological polar surface area (TPSA) is 81.9 Å². The Morgan fingerprint density at radius 3 is 2.77 bits per heavy atom. The molecule has 2 saturated carbocycles. The van der Waals surface area contributed by atoms with Crippen LogP contribution in [0.5, 0.6) is 0 Å². The van der Waals surface area contributed by atoms with Crippen LogP contribution >= 0.6 is 11.6 Å². The summed E-state index contributed by atoms with van der Waals surface area (Å²) in [5.41, 5.74) is 2.12. The number of fused-ring (bicyclic) bond motifs is 1. The third-order valence-electron chi connectivity index (χ3n) is 4.98. The number of amides is 1. The first-order valence-electron chi connectivity index (χ1n) is 8.74. The first-order valence-corrected chi connectivity index (χ1v) is 9.11. The lowest BCUT2D eigenvalue weighted by atomic mass is 10.1. The normalized spacial score (nSPS) is 21.4. The maximum Gasteiger partial charge on any atom is 0.414 e. The van der Waals surface area contributed by atoms with Gasteiger partial charge in [0.1, 0.15) is 11.1 Å². The summed E-state index contributed by atoms with van der Waals surface area (Å²) in [7, 11) is 0. The highest BCUT2D eigenvalue weighted by Gasteiger charge is 2.50. The molecule has 0 saturated heterocycles. The van der Waals surface area contributed by atoms with E-state index in [9.17, 15) is 4.79 Å². The monoisotopic (exact) mass is 375 g/mol. The second-order valence-electron chi connectivity index (χ2n) is 8.34. The molecule has 2 aliphatic carbocycles. The van der Waals surface area contributed by atoms with Crippen molar-refractivity contribution in [1.82, 2.24) is 19.5 Å². The minimum Gasteiger partial charge on any atom is -0.444 e. The zero-order valence-corrected chi connectivity index (χ0v) is 15.9. The van der Waals surface area contributed by atoms with Crippen LogP contribution in [0.25, 0.3) is 11.2 Å². The third-order valence-corrected chi connectivity index (χ3v) is 5.25. The van der Waals surface area contributed by atoms with Crippen molar-refractivity contribution in [2.24, 2.45) is 5.41 Å². The number of nitrogens with zero attached hydrogens (tertiary/aromatic N) is 4. The molecule has 4 rings (SSSR count). The minimum absolute atomic E-state index is 0.100. The van der Waals surface area contributed by atoms with Crippen molar-refractivity contribution in [3.05, 3.63) is 23.6 Å². The van der Waals surface area contributed by atoms with Crippen LogP contribution in [0.4, 0.5) is 10.7 Å². The number of halogens is 1. The maximum absolute atomic E-state index is 12.0. The summed E-state index contributed by atoms with van der Waals surface area (Å²) in [6.45, 7) is 9.62. The zero-order chi connectivity index (χ0) is 18.7. The Hall–Kier alpha value is -2.15. The Balaban J connectivity index is 1.65. The van der Waals surface area contributed by atoms with Crippen molar-refractivity contribution in [1.29, 1.82) is 0 Å². The van der Waals surface area contributed by atoms with Crippen LogP contribution in [0.3, 0.4) is 0 Å². The van der Waals surface area contributed by atoms with E-state index in [4.69, 9.17) is 16.3 Å². The average molecular weight is 376 g/mol. The molecule has 2 aromatic rings. The van der Waals surface area contributed by atoms with Gasteiger partial charge in [0.2, 0.25) is 5.95 Å². The molecule has 0 radical (unpaired) electrons. The van der Waals surface area contributed by atoms with Gasteiger partial charge in [0.15, 0.2) is 10.8 Å². The number of imidazole rings is 1. The molecule has 0 aliphatic heterocycles. The van der Waals surface area contributed by atoms with Crippen LogP contribution < -0.4 is 5.32 Å². The summed E-state index contributed by atoms with van der Waals surface area (Å²) < 4.78 is 7.25. The van der Waals surface area contributed by atoms with Crippen molar-refractivity contribution in [2.45, 2.75) is 58.1 Å². The summed E-state index contributed by atoms with van der Waals surface area (Å²) in [5.74, 6) is 0.100. The van der Waals surface area contributed by atoms with Crippen molar-refractivity contribution >= 4 is 34.8 Å². The summed E-state index contributed by atoms with van der Waals surface area (Å²) in [6.07, 6.45) is 5.74. The van der Waals surface area contributed by atoms with Crippen LogP contribution in [-0.2, 0) is 4.74 Å². The molecular weight excluding hydrogens is 354 g/mol. The number of rotatable bonds is 2. The lowest BCUT2D eigenvalue weighted by Crippen LogP contribution is -2.27. The smallest absolute Gasteiger partial charge is 0.414 e. The van der Waals surface area contributed by atoms with Gasteiger partial charge in [-0.15, -0.1) is 0 Å². The number of hydrogen-bond donors (Lipinski definition) is 1. The molecule has 0 bridgehead atoms. The van der Waals surface area contributed by atoms with Crippen LogP contribution in [0.15, 0.2) is 18.5 Å². The SMILES string of the molecule is C=C1CC2(CC2)CC1n1cnc2c(Cl)nc(NC(=O)OC(C)(C)C)nc21. The number of aromatic nitrogens is 4. The first kappa shape index (κ1) is 17.3. The molecule has 7 nitrogen and oxygen atoms in total. The Morgan fingerprint density at radius 2 is 2.15 bits per heavy atom. The number of ether oxygens (including phenoxy) is 1. The van der Waals surface area contributed by atoms with Gasteiger partial charge in [-0.05, 0) is 51.9 Å². The van der Waals surface area contributed by atoms with E-state index in [1.165, 1.54) is 18.4 Å². The van der Waals surface area contributed by atoms with Gasteiger partial charge in [-0.1, -0.05) is 23.8 Å². The van der Waals surface area contributed by atoms with Crippen molar-refractivity contribution in [2.75, 3.05) is 5.32 Å². The molecule has 138 valence electrons. The molecule has 1 atom stereocenters. The van der Waals surface area contributed by atoms with Gasteiger partial charge in [-0.25, -0.2) is 9.78 Å². The molecule has 2 fully saturated rings. The summed E-state index contributed by atoms with van der Waals surface area (Å²) in [4.78, 5) is 25.0. The lowest BCUT2D eigenvalue weighted by Gasteiger charge is -2.19. The van der Waals surface area contributed by atoms with E-state index >= 15 is 0 Å². The number of carbonyl (C=O) groups excluding carboxylic acids is 1. The molecule has 8 heteroatoms. The predicted molar refractivity (Wildman–Crippen MR) is 99.3 cm³/mol. The second-order valence-corrected chi connectivity index (χ2v) is 8.70. The minimum atomic E-state index is -0.624. The van der Waals surface area contributed by atoms with Crippen LogP contribution in [0.1, 0.15) is 52.5 Å². The average Bonchev–Trinajstić information content (AvgIpc) is 2.97. The van der Waals surface area contributed by atoms with E-state index in [1.54, 1.807) is 27.1 Å². The molecule has 2 aliphatic rings. The zero-order valence-electron chi connectivity index (χ0n) is 15.2. The lowest BCUT2D eigenvalue weighted by molar-refractivity contribution is 0.0634. The number of carbonyl (C=O) groups is 1. The highest BCUT2D eigenvalue weighted by Crippen LogP contribution is 2.62. The number of anilines is 1. The molecule has 0 aromatic carbocycles. The fourth-order valence-corrected chi connectivity index (χ4v) is 3.85. The molecule has 26 heavy (non-hydrogen) atoms. The summed E-state index contributed by atoms with van der Waals surface area (Å²) in [6, 6.07) is 0.155. The molecule has 1 unspecified atom stereocenters. The molecule has 1 amide bonds. The molecule has 2 aromatic heterocycles. The Bertz CT molecular complexity index is 910. The number of hydrogen-bond acceptors (Lipinski definition) is 5. The van der Waals surface area contributed by atoms with Crippen molar-refractivity contribution in [3.8, 4) is 0 Å². The van der Waals surface area contributed by atoms with E-state index in [2.05, 4.69) is 26.8 Å². The number of nitrogens with one attached hydrogen (secondary N) is 1. The van der Waals surface area contributed by atoms with Gasteiger partial charge < -0.3 is 9.30 Å². The van der Waals surface area contributed by atoms with Gasteiger partial charge in [-0.3, -0.25) is 5.32 Å². The highest BCUT2D eigenvalue weighted by atomic mass is 35.5. The molecular formula is C18H22ClN5O2. The Kier molecular flexibility index (Phi) is 3.77. The quantitative estimate of drug-likeness (QED) is 0.617. The van der Waals surface area contributed by atoms with Crippen LogP contribution in [0, 0.1) is 5.41 Å². The Morgan fingerprint density at radius 1 is 1.42 bits per heavy atom. The van der Waals surface area contributed by atoms with Gasteiger partial charge in [-0.2, -0.15) is 9.97 Å². The second kappa shape index (κ2) is 5.67. The third kappa shape index (κ3) is 3.16. The molecule has 2 heterocycles. The van der Waals surface area contributed by atoms with E-state index in [1.807, 2.05) is 4.57 Å². The maximum atomic E-state index is 12.0. The fraction of sp³-hybridized carbons (Fsp3) is 0.556. The predicted octanol–water partition coefficient (Wildman–Crippen LogP) is 4.50. The molecule has 1 spiro atoms. The van der Waals surface area contributed by atoms with Gasteiger partial charge in [0.25, 0.3) is 0 Å². The Labute approximate surface area is 156 Å². The molecule has 1 N–H and O–H groups in total. The van der Waals surface area contributed by atoms with E-state index in [0.29, 0.717) is 16.6 Å². The van der Waals surface area contributed by atoms with Crippen molar-refractivity contribution < 1.29 is 9.53 Å². The fourth-order valence-electron chi connectivity index (χ4n) is 3.64. The van der Waals surface area contributed by atoms with Gasteiger partial charge in [0, 0.05) is 0 Å². The van der Waals surface area contributed by atoms with E-state index in [0.717, 1.165) is 12.8 Å². The van der Waals surface area contributed by atoms with Gasteiger partial charge >= 0.3 is 6.09 Å². The summed E-state index contributed by atoms with van der Waals surface area (Å²) >= 11 is 6.26. The highest BCUT2D eigenvalue weighted by molar-refractivity contribution is 6.33. The van der Waals surface area contributed by atoms with Crippen LogP contribution in [-0.4, -0.2) is 31.2 Å².